The first-order chi connectivity index (χ1) is 9.11. The van der Waals surface area contributed by atoms with Gasteiger partial charge >= 0.3 is 0 Å². The maximum absolute atomic E-state index is 4.55. The van der Waals surface area contributed by atoms with Crippen LogP contribution in [-0.4, -0.2) is 21.5 Å². The van der Waals surface area contributed by atoms with Crippen molar-refractivity contribution >= 4 is 21.7 Å². The molecule has 5 heteroatoms. The average Bonchev–Trinajstić information content (AvgIpc) is 2.40. The van der Waals surface area contributed by atoms with Gasteiger partial charge in [0.2, 0.25) is 0 Å². The quantitative estimate of drug-likeness (QED) is 0.932. The van der Waals surface area contributed by atoms with Crippen molar-refractivity contribution in [3.63, 3.8) is 0 Å². The molecule has 0 amide bonds. The van der Waals surface area contributed by atoms with Crippen LogP contribution in [0.15, 0.2) is 22.7 Å². The molecule has 2 aromatic heterocycles. The highest BCUT2D eigenvalue weighted by Crippen LogP contribution is 2.26. The second kappa shape index (κ2) is 6.10. The van der Waals surface area contributed by atoms with Gasteiger partial charge in [-0.1, -0.05) is 13.0 Å². The molecule has 100 valence electrons. The molecule has 0 atom stereocenters. The van der Waals surface area contributed by atoms with E-state index < -0.39 is 0 Å². The maximum Gasteiger partial charge on any atom is 0.180 e. The van der Waals surface area contributed by atoms with Gasteiger partial charge in [0.1, 0.15) is 11.5 Å². The third-order valence-electron chi connectivity index (χ3n) is 2.68. The number of halogens is 1. The number of pyridine rings is 1. The smallest absolute Gasteiger partial charge is 0.180 e. The first-order valence-electron chi connectivity index (χ1n) is 6.34. The third kappa shape index (κ3) is 3.29. The molecule has 4 nitrogen and oxygen atoms in total. The zero-order chi connectivity index (χ0) is 13.8. The number of nitrogens with one attached hydrogen (secondary N) is 1. The van der Waals surface area contributed by atoms with E-state index in [1.807, 2.05) is 32.0 Å². The van der Waals surface area contributed by atoms with E-state index in [1.54, 1.807) is 0 Å². The third-order valence-corrected chi connectivity index (χ3v) is 3.63. The number of aromatic nitrogens is 3. The molecule has 0 saturated heterocycles. The molecule has 0 aliphatic heterocycles. The molecule has 0 aliphatic rings. The van der Waals surface area contributed by atoms with Gasteiger partial charge in [0.25, 0.3) is 0 Å². The van der Waals surface area contributed by atoms with Gasteiger partial charge in [-0.25, -0.2) is 15.0 Å². The summed E-state index contributed by atoms with van der Waals surface area (Å²) in [6, 6.07) is 5.86. The number of anilines is 1. The van der Waals surface area contributed by atoms with E-state index in [9.17, 15) is 0 Å². The van der Waals surface area contributed by atoms with E-state index in [4.69, 9.17) is 0 Å². The van der Waals surface area contributed by atoms with Gasteiger partial charge in [0, 0.05) is 12.2 Å². The van der Waals surface area contributed by atoms with Crippen LogP contribution >= 0.6 is 15.9 Å². The standard InChI is InChI=1S/C14H17BrN4/c1-4-8-16-14-12(15)10(3)18-13(19-14)11-7-5-6-9(2)17-11/h5-7H,4,8H2,1-3H3,(H,16,18,19). The van der Waals surface area contributed by atoms with Crippen LogP contribution in [-0.2, 0) is 0 Å². The molecule has 1 N–H and O–H groups in total. The lowest BCUT2D eigenvalue weighted by molar-refractivity contribution is 0.956. The Bertz CT molecular complexity index is 584. The molecule has 0 aliphatic carbocycles. The van der Waals surface area contributed by atoms with E-state index in [1.165, 1.54) is 0 Å². The second-order valence-corrected chi connectivity index (χ2v) is 5.18. The lowest BCUT2D eigenvalue weighted by Gasteiger charge is -2.10. The van der Waals surface area contributed by atoms with Gasteiger partial charge < -0.3 is 5.32 Å². The average molecular weight is 321 g/mol. The van der Waals surface area contributed by atoms with Crippen molar-refractivity contribution in [2.24, 2.45) is 0 Å². The van der Waals surface area contributed by atoms with E-state index in [0.717, 1.165) is 40.3 Å². The minimum absolute atomic E-state index is 0.656. The molecular weight excluding hydrogens is 304 g/mol. The van der Waals surface area contributed by atoms with Crippen molar-refractivity contribution < 1.29 is 0 Å². The topological polar surface area (TPSA) is 50.7 Å². The number of rotatable bonds is 4. The van der Waals surface area contributed by atoms with Gasteiger partial charge in [0.15, 0.2) is 5.82 Å². The Labute approximate surface area is 121 Å². The number of nitrogens with zero attached hydrogens (tertiary/aromatic N) is 3. The summed E-state index contributed by atoms with van der Waals surface area (Å²) >= 11 is 3.52. The highest BCUT2D eigenvalue weighted by Gasteiger charge is 2.11. The van der Waals surface area contributed by atoms with E-state index in [0.29, 0.717) is 5.82 Å². The molecule has 2 heterocycles. The lowest BCUT2D eigenvalue weighted by atomic mass is 10.3. The van der Waals surface area contributed by atoms with Crippen molar-refractivity contribution in [2.45, 2.75) is 27.2 Å². The summed E-state index contributed by atoms with van der Waals surface area (Å²) in [5.74, 6) is 1.48. The Hall–Kier alpha value is -1.49. The molecule has 0 spiro atoms. The van der Waals surface area contributed by atoms with Crippen LogP contribution in [0.25, 0.3) is 11.5 Å². The highest BCUT2D eigenvalue weighted by molar-refractivity contribution is 9.10. The number of hydrogen-bond donors (Lipinski definition) is 1. The fourth-order valence-corrected chi connectivity index (χ4v) is 2.02. The molecule has 2 aromatic rings. The summed E-state index contributed by atoms with van der Waals surface area (Å²) in [6.45, 7) is 6.93. The predicted molar refractivity (Wildman–Crippen MR) is 81.2 cm³/mol. The zero-order valence-corrected chi connectivity index (χ0v) is 13.0. The monoisotopic (exact) mass is 320 g/mol. The first-order valence-corrected chi connectivity index (χ1v) is 7.13. The Morgan fingerprint density at radius 1 is 1.16 bits per heavy atom. The summed E-state index contributed by atoms with van der Waals surface area (Å²) in [5.41, 5.74) is 2.67. The SMILES string of the molecule is CCCNc1nc(-c2cccc(C)n2)nc(C)c1Br. The van der Waals surface area contributed by atoms with E-state index in [2.05, 4.69) is 43.1 Å². The second-order valence-electron chi connectivity index (χ2n) is 4.39. The lowest BCUT2D eigenvalue weighted by Crippen LogP contribution is -2.06. The fourth-order valence-electron chi connectivity index (χ4n) is 1.70. The minimum Gasteiger partial charge on any atom is -0.369 e. The van der Waals surface area contributed by atoms with E-state index >= 15 is 0 Å². The maximum atomic E-state index is 4.55. The Kier molecular flexibility index (Phi) is 4.47. The molecule has 0 bridgehead atoms. The van der Waals surface area contributed by atoms with Crippen LogP contribution in [0.2, 0.25) is 0 Å². The Morgan fingerprint density at radius 3 is 2.63 bits per heavy atom. The van der Waals surface area contributed by atoms with Crippen LogP contribution in [0.5, 0.6) is 0 Å². The van der Waals surface area contributed by atoms with Crippen molar-refractivity contribution in [3.05, 3.63) is 34.1 Å². The summed E-state index contributed by atoms with van der Waals surface area (Å²) < 4.78 is 0.914. The summed E-state index contributed by atoms with van der Waals surface area (Å²) in [5, 5.41) is 3.30. The molecule has 0 aromatic carbocycles. The predicted octanol–water partition coefficient (Wildman–Crippen LogP) is 3.74. The van der Waals surface area contributed by atoms with Crippen molar-refractivity contribution in [2.75, 3.05) is 11.9 Å². The van der Waals surface area contributed by atoms with Crippen LogP contribution in [0, 0.1) is 13.8 Å². The van der Waals surface area contributed by atoms with Gasteiger partial charge in [-0.2, -0.15) is 0 Å². The Balaban J connectivity index is 2.44. The van der Waals surface area contributed by atoms with Gasteiger partial charge in [-0.15, -0.1) is 0 Å². The van der Waals surface area contributed by atoms with Crippen LogP contribution in [0.3, 0.4) is 0 Å². The summed E-state index contributed by atoms with van der Waals surface area (Å²) in [6.07, 6.45) is 1.05. The van der Waals surface area contributed by atoms with E-state index in [-0.39, 0.29) is 0 Å². The van der Waals surface area contributed by atoms with Crippen molar-refractivity contribution in [1.29, 1.82) is 0 Å². The van der Waals surface area contributed by atoms with Crippen molar-refractivity contribution in [3.8, 4) is 11.5 Å². The zero-order valence-electron chi connectivity index (χ0n) is 11.4. The van der Waals surface area contributed by atoms with Crippen molar-refractivity contribution in [1.82, 2.24) is 15.0 Å². The number of hydrogen-bond acceptors (Lipinski definition) is 4. The van der Waals surface area contributed by atoms with Gasteiger partial charge in [-0.3, -0.25) is 0 Å². The van der Waals surface area contributed by atoms with Gasteiger partial charge in [0.05, 0.1) is 10.2 Å². The highest BCUT2D eigenvalue weighted by atomic mass is 79.9. The molecule has 19 heavy (non-hydrogen) atoms. The summed E-state index contributed by atoms with van der Waals surface area (Å²) in [4.78, 5) is 13.5. The Morgan fingerprint density at radius 2 is 1.95 bits per heavy atom. The number of aryl methyl sites for hydroxylation is 2. The van der Waals surface area contributed by atoms with Gasteiger partial charge in [-0.05, 0) is 48.3 Å². The molecule has 0 unspecified atom stereocenters. The molecular formula is C14H17BrN4. The molecule has 0 fully saturated rings. The first kappa shape index (κ1) is 13.9. The minimum atomic E-state index is 0.656. The molecule has 0 radical (unpaired) electrons. The van der Waals surface area contributed by atoms with Crippen LogP contribution in [0.1, 0.15) is 24.7 Å². The normalized spacial score (nSPS) is 10.5. The van der Waals surface area contributed by atoms with Crippen LogP contribution in [0.4, 0.5) is 5.82 Å². The molecule has 0 saturated carbocycles. The fraction of sp³-hybridized carbons (Fsp3) is 0.357. The van der Waals surface area contributed by atoms with Crippen LogP contribution < -0.4 is 5.32 Å². The largest absolute Gasteiger partial charge is 0.369 e. The summed E-state index contributed by atoms with van der Waals surface area (Å²) in [7, 11) is 0. The molecule has 2 rings (SSSR count).